The molecule has 2 aromatic rings. The first-order chi connectivity index (χ1) is 12.4. The molecule has 0 aliphatic heterocycles. The third-order valence-corrected chi connectivity index (χ3v) is 4.76. The number of ether oxygens (including phenoxy) is 1. The van der Waals surface area contributed by atoms with E-state index in [-0.39, 0.29) is 5.69 Å². The van der Waals surface area contributed by atoms with Gasteiger partial charge in [-0.1, -0.05) is 35.9 Å². The second-order valence-corrected chi connectivity index (χ2v) is 6.78. The molecule has 0 unspecified atom stereocenters. The quantitative estimate of drug-likeness (QED) is 0.504. The van der Waals surface area contributed by atoms with Gasteiger partial charge in [0.1, 0.15) is 6.07 Å². The van der Waals surface area contributed by atoms with Crippen molar-refractivity contribution < 1.29 is 17.9 Å². The summed E-state index contributed by atoms with van der Waals surface area (Å²) in [4.78, 5) is 12.0. The minimum absolute atomic E-state index is 0.0256. The molecule has 0 aliphatic rings. The van der Waals surface area contributed by atoms with Crippen molar-refractivity contribution in [3.63, 3.8) is 0 Å². The summed E-state index contributed by atoms with van der Waals surface area (Å²) in [6, 6.07) is 16.0. The second-order valence-electron chi connectivity index (χ2n) is 5.08. The van der Waals surface area contributed by atoms with Crippen LogP contribution >= 0.6 is 0 Å². The fourth-order valence-electron chi connectivity index (χ4n) is 1.96. The van der Waals surface area contributed by atoms with E-state index in [1.807, 2.05) is 6.92 Å². The van der Waals surface area contributed by atoms with E-state index in [4.69, 9.17) is 0 Å². The SMILES string of the molecule is COC(=O)N(c1ccccc1)S(=O)(=O)C(C#N)=NNc1ccc(C)cc1. The van der Waals surface area contributed by atoms with Crippen LogP contribution in [0.2, 0.25) is 0 Å². The van der Waals surface area contributed by atoms with Gasteiger partial charge in [-0.15, -0.1) is 5.10 Å². The number of carbonyl (C=O) groups excluding carboxylic acids is 1. The standard InChI is InChI=1S/C17H16N4O4S/c1-13-8-10-14(11-9-13)19-20-16(12-18)26(23,24)21(17(22)25-2)15-6-4-3-5-7-15/h3-11,19H,1-2H3. The molecule has 0 aliphatic carbocycles. The number of nitriles is 1. The predicted molar refractivity (Wildman–Crippen MR) is 98.1 cm³/mol. The Labute approximate surface area is 151 Å². The molecule has 134 valence electrons. The molecule has 2 aromatic carbocycles. The number of hydrogen-bond acceptors (Lipinski definition) is 7. The molecule has 0 bridgehead atoms. The topological polar surface area (TPSA) is 112 Å². The van der Waals surface area contributed by atoms with Crippen LogP contribution in [0.25, 0.3) is 0 Å². The summed E-state index contributed by atoms with van der Waals surface area (Å²) >= 11 is 0. The zero-order valence-corrected chi connectivity index (χ0v) is 14.9. The van der Waals surface area contributed by atoms with Crippen LogP contribution in [0.3, 0.4) is 0 Å². The molecule has 8 nitrogen and oxygen atoms in total. The third-order valence-electron chi connectivity index (χ3n) is 3.25. The summed E-state index contributed by atoms with van der Waals surface area (Å²) in [6.07, 6.45) is -1.16. The third kappa shape index (κ3) is 4.17. The number of rotatable bonds is 3. The first-order valence-electron chi connectivity index (χ1n) is 7.39. The van der Waals surface area contributed by atoms with E-state index in [1.54, 1.807) is 42.5 Å². The average Bonchev–Trinajstić information content (AvgIpc) is 2.64. The minimum Gasteiger partial charge on any atom is -0.452 e. The fraction of sp³-hybridized carbons (Fsp3) is 0.118. The van der Waals surface area contributed by atoms with Crippen LogP contribution in [0.5, 0.6) is 0 Å². The van der Waals surface area contributed by atoms with E-state index in [0.29, 0.717) is 9.99 Å². The highest BCUT2D eigenvalue weighted by molar-refractivity contribution is 8.08. The van der Waals surface area contributed by atoms with Gasteiger partial charge in [-0.05, 0) is 31.2 Å². The van der Waals surface area contributed by atoms with Crippen LogP contribution < -0.4 is 9.73 Å². The number of para-hydroxylation sites is 1. The summed E-state index contributed by atoms with van der Waals surface area (Å²) < 4.78 is 30.5. The predicted octanol–water partition coefficient (Wildman–Crippen LogP) is 2.85. The van der Waals surface area contributed by atoms with Crippen molar-refractivity contribution >= 4 is 32.5 Å². The lowest BCUT2D eigenvalue weighted by atomic mass is 10.2. The Morgan fingerprint density at radius 1 is 1.15 bits per heavy atom. The van der Waals surface area contributed by atoms with Gasteiger partial charge in [0.05, 0.1) is 18.5 Å². The summed E-state index contributed by atoms with van der Waals surface area (Å²) in [6.45, 7) is 1.90. The van der Waals surface area contributed by atoms with E-state index < -0.39 is 21.2 Å². The summed E-state index contributed by atoms with van der Waals surface area (Å²) in [5.74, 6) is 0. The highest BCUT2D eigenvalue weighted by Gasteiger charge is 2.35. The number of carbonyl (C=O) groups is 1. The Morgan fingerprint density at radius 3 is 2.31 bits per heavy atom. The zero-order valence-electron chi connectivity index (χ0n) is 14.1. The number of anilines is 2. The lowest BCUT2D eigenvalue weighted by Gasteiger charge is -2.19. The molecule has 26 heavy (non-hydrogen) atoms. The highest BCUT2D eigenvalue weighted by atomic mass is 32.2. The molecule has 0 saturated heterocycles. The molecular formula is C17H16N4O4S. The number of aryl methyl sites for hydroxylation is 1. The molecule has 0 fully saturated rings. The number of nitrogens with zero attached hydrogens (tertiary/aromatic N) is 3. The van der Waals surface area contributed by atoms with Gasteiger partial charge in [-0.25, -0.2) is 4.79 Å². The average molecular weight is 372 g/mol. The zero-order chi connectivity index (χ0) is 19.2. The maximum atomic E-state index is 12.8. The molecule has 0 saturated carbocycles. The van der Waals surface area contributed by atoms with Crippen LogP contribution in [-0.2, 0) is 14.8 Å². The highest BCUT2D eigenvalue weighted by Crippen LogP contribution is 2.20. The first kappa shape index (κ1) is 19.0. The lowest BCUT2D eigenvalue weighted by molar-refractivity contribution is 0.183. The Kier molecular flexibility index (Phi) is 5.93. The number of nitrogens with one attached hydrogen (secondary N) is 1. The summed E-state index contributed by atoms with van der Waals surface area (Å²) in [5.41, 5.74) is 4.02. The number of sulfonamides is 1. The van der Waals surface area contributed by atoms with Gasteiger partial charge < -0.3 is 4.74 Å². The molecule has 0 spiro atoms. The molecule has 1 N–H and O–H groups in total. The van der Waals surface area contributed by atoms with Gasteiger partial charge in [-0.2, -0.15) is 18.0 Å². The van der Waals surface area contributed by atoms with E-state index in [0.717, 1.165) is 12.7 Å². The Morgan fingerprint density at radius 2 is 1.77 bits per heavy atom. The second kappa shape index (κ2) is 8.13. The van der Waals surface area contributed by atoms with Crippen molar-refractivity contribution in [3.8, 4) is 6.07 Å². The smallest absolute Gasteiger partial charge is 0.428 e. The molecule has 9 heteroatoms. The van der Waals surface area contributed by atoms with Gasteiger partial charge >= 0.3 is 16.1 Å². The maximum absolute atomic E-state index is 12.8. The van der Waals surface area contributed by atoms with Crippen molar-refractivity contribution in [2.24, 2.45) is 5.10 Å². The van der Waals surface area contributed by atoms with Gasteiger partial charge in [0.15, 0.2) is 0 Å². The Balaban J connectivity index is 2.42. The van der Waals surface area contributed by atoms with Gasteiger partial charge in [0.2, 0.25) is 0 Å². The van der Waals surface area contributed by atoms with E-state index in [9.17, 15) is 18.5 Å². The van der Waals surface area contributed by atoms with Crippen molar-refractivity contribution in [2.45, 2.75) is 6.92 Å². The Bertz CT molecular complexity index is 949. The molecule has 1 amide bonds. The minimum atomic E-state index is -4.57. The largest absolute Gasteiger partial charge is 0.452 e. The molecular weight excluding hydrogens is 356 g/mol. The van der Waals surface area contributed by atoms with E-state index in [2.05, 4.69) is 15.3 Å². The number of hydrazone groups is 1. The molecule has 0 atom stereocenters. The van der Waals surface area contributed by atoms with Crippen molar-refractivity contribution in [1.82, 2.24) is 0 Å². The number of amides is 1. The molecule has 0 heterocycles. The Hall–Kier alpha value is -3.38. The summed E-state index contributed by atoms with van der Waals surface area (Å²) in [7, 11) is -3.53. The van der Waals surface area contributed by atoms with Crippen LogP contribution in [0.1, 0.15) is 5.56 Å². The lowest BCUT2D eigenvalue weighted by Crippen LogP contribution is -2.41. The normalized spacial score (nSPS) is 11.3. The van der Waals surface area contributed by atoms with Crippen LogP contribution in [0.15, 0.2) is 59.7 Å². The molecule has 0 radical (unpaired) electrons. The van der Waals surface area contributed by atoms with Crippen LogP contribution in [0, 0.1) is 18.3 Å². The van der Waals surface area contributed by atoms with Crippen LogP contribution in [0.4, 0.5) is 16.2 Å². The van der Waals surface area contributed by atoms with Gasteiger partial charge in [0.25, 0.3) is 5.04 Å². The summed E-state index contributed by atoms with van der Waals surface area (Å²) in [5, 5.41) is 12.0. The van der Waals surface area contributed by atoms with Crippen molar-refractivity contribution in [1.29, 1.82) is 5.26 Å². The van der Waals surface area contributed by atoms with Crippen LogP contribution in [-0.4, -0.2) is 26.7 Å². The number of hydrogen-bond donors (Lipinski definition) is 1. The number of benzene rings is 2. The monoisotopic (exact) mass is 372 g/mol. The van der Waals surface area contributed by atoms with Crippen molar-refractivity contribution in [2.75, 3.05) is 16.8 Å². The van der Waals surface area contributed by atoms with Crippen molar-refractivity contribution in [3.05, 3.63) is 60.2 Å². The molecule has 2 rings (SSSR count). The first-order valence-corrected chi connectivity index (χ1v) is 8.83. The van der Waals surface area contributed by atoms with Gasteiger partial charge in [-0.3, -0.25) is 5.43 Å². The van der Waals surface area contributed by atoms with E-state index >= 15 is 0 Å². The van der Waals surface area contributed by atoms with E-state index in [1.165, 1.54) is 18.2 Å². The van der Waals surface area contributed by atoms with Gasteiger partial charge in [0, 0.05) is 0 Å². The number of methoxy groups -OCH3 is 1. The molecule has 0 aromatic heterocycles. The maximum Gasteiger partial charge on any atom is 0.428 e. The fourth-order valence-corrected chi connectivity index (χ4v) is 3.08.